The van der Waals surface area contributed by atoms with Crippen LogP contribution < -0.4 is 0 Å². The van der Waals surface area contributed by atoms with Crippen LogP contribution in [-0.2, 0) is 25.5 Å². The number of cyclic esters (lactones) is 2. The summed E-state index contributed by atoms with van der Waals surface area (Å²) in [6, 6.07) is 8.54. The molecule has 0 aliphatic carbocycles. The molecule has 1 aliphatic rings. The molecule has 0 saturated heterocycles. The van der Waals surface area contributed by atoms with Crippen molar-refractivity contribution in [1.29, 1.82) is 0 Å². The highest BCUT2D eigenvalue weighted by molar-refractivity contribution is 6.12. The standard InChI is InChI=1S/C20H15N3O5/c1-12-16(23-11-22-12)10-20(27-17(24)6-7-18(25)28-20)19(26)14-8-9-21-15-5-3-2-4-13(14)15/h2-9,11H,10H2,1H3,(H,22,23). The Balaban J connectivity index is 1.87. The number of carbonyl (C=O) groups is 3. The summed E-state index contributed by atoms with van der Waals surface area (Å²) in [6.45, 7) is 1.75. The maximum Gasteiger partial charge on any atom is 0.334 e. The lowest BCUT2D eigenvalue weighted by molar-refractivity contribution is -0.201. The van der Waals surface area contributed by atoms with Crippen LogP contribution in [0.5, 0.6) is 0 Å². The quantitative estimate of drug-likeness (QED) is 0.547. The third kappa shape index (κ3) is 3.05. The van der Waals surface area contributed by atoms with E-state index in [0.29, 0.717) is 22.3 Å². The summed E-state index contributed by atoms with van der Waals surface area (Å²) in [5.74, 6) is -4.56. The van der Waals surface area contributed by atoms with E-state index in [-0.39, 0.29) is 12.0 Å². The summed E-state index contributed by atoms with van der Waals surface area (Å²) in [6.07, 6.45) is 4.56. The largest absolute Gasteiger partial charge is 0.411 e. The molecule has 1 aliphatic heterocycles. The molecular formula is C20H15N3O5. The van der Waals surface area contributed by atoms with Crippen molar-refractivity contribution >= 4 is 28.6 Å². The number of aryl methyl sites for hydroxylation is 1. The van der Waals surface area contributed by atoms with Crippen LogP contribution >= 0.6 is 0 Å². The Morgan fingerprint density at radius 3 is 2.46 bits per heavy atom. The molecule has 1 N–H and O–H groups in total. The molecule has 8 nitrogen and oxygen atoms in total. The average molecular weight is 377 g/mol. The first-order valence-electron chi connectivity index (χ1n) is 8.50. The molecule has 0 spiro atoms. The first-order chi connectivity index (χ1) is 13.5. The van der Waals surface area contributed by atoms with Crippen LogP contribution in [0.1, 0.15) is 21.7 Å². The lowest BCUT2D eigenvalue weighted by Gasteiger charge is -2.29. The van der Waals surface area contributed by atoms with Crippen LogP contribution in [0.25, 0.3) is 10.9 Å². The number of hydrogen-bond acceptors (Lipinski definition) is 7. The molecule has 0 bridgehead atoms. The molecule has 8 heteroatoms. The number of imidazole rings is 1. The molecular weight excluding hydrogens is 362 g/mol. The molecule has 2 aromatic heterocycles. The van der Waals surface area contributed by atoms with Gasteiger partial charge in [0.2, 0.25) is 5.78 Å². The molecule has 3 aromatic rings. The third-order valence-corrected chi connectivity index (χ3v) is 4.46. The van der Waals surface area contributed by atoms with Crippen molar-refractivity contribution in [3.8, 4) is 0 Å². The van der Waals surface area contributed by atoms with Gasteiger partial charge in [-0.3, -0.25) is 9.78 Å². The Morgan fingerprint density at radius 2 is 1.79 bits per heavy atom. The number of aromatic amines is 1. The number of carbonyl (C=O) groups excluding carboxylic acids is 3. The highest BCUT2D eigenvalue weighted by Crippen LogP contribution is 2.30. The first kappa shape index (κ1) is 17.6. The molecule has 0 amide bonds. The summed E-state index contributed by atoms with van der Waals surface area (Å²) in [7, 11) is 0. The van der Waals surface area contributed by atoms with Gasteiger partial charge in [0.1, 0.15) is 0 Å². The van der Waals surface area contributed by atoms with Crippen LogP contribution in [0.2, 0.25) is 0 Å². The number of hydrogen-bond donors (Lipinski definition) is 1. The number of ether oxygens (including phenoxy) is 2. The zero-order valence-electron chi connectivity index (χ0n) is 14.8. The van der Waals surface area contributed by atoms with E-state index >= 15 is 0 Å². The minimum Gasteiger partial charge on any atom is -0.411 e. The maximum atomic E-state index is 13.6. The van der Waals surface area contributed by atoms with Gasteiger partial charge < -0.3 is 14.5 Å². The number of nitrogens with zero attached hydrogens (tertiary/aromatic N) is 2. The summed E-state index contributed by atoms with van der Waals surface area (Å²) in [5.41, 5.74) is 1.91. The number of pyridine rings is 1. The van der Waals surface area contributed by atoms with Crippen LogP contribution in [0.15, 0.2) is 55.0 Å². The Bertz CT molecular complexity index is 1110. The van der Waals surface area contributed by atoms with Gasteiger partial charge in [-0.15, -0.1) is 0 Å². The average Bonchev–Trinajstić information content (AvgIpc) is 3.02. The second kappa shape index (κ2) is 6.73. The van der Waals surface area contributed by atoms with Gasteiger partial charge in [-0.25, -0.2) is 14.6 Å². The number of para-hydroxylation sites is 1. The molecule has 0 radical (unpaired) electrons. The fourth-order valence-electron chi connectivity index (χ4n) is 3.08. The minimum absolute atomic E-state index is 0.223. The molecule has 0 saturated carbocycles. The fourth-order valence-corrected chi connectivity index (χ4v) is 3.08. The minimum atomic E-state index is -2.18. The van der Waals surface area contributed by atoms with Crippen LogP contribution in [-0.4, -0.2) is 38.5 Å². The van der Waals surface area contributed by atoms with Gasteiger partial charge in [0.25, 0.3) is 0 Å². The zero-order valence-corrected chi connectivity index (χ0v) is 14.8. The van der Waals surface area contributed by atoms with Crippen molar-refractivity contribution in [2.24, 2.45) is 0 Å². The summed E-state index contributed by atoms with van der Waals surface area (Å²) >= 11 is 0. The van der Waals surface area contributed by atoms with E-state index in [0.717, 1.165) is 12.2 Å². The van der Waals surface area contributed by atoms with Gasteiger partial charge in [0, 0.05) is 35.0 Å². The topological polar surface area (TPSA) is 111 Å². The van der Waals surface area contributed by atoms with Gasteiger partial charge in [-0.1, -0.05) is 18.2 Å². The molecule has 3 heterocycles. The number of esters is 2. The van der Waals surface area contributed by atoms with Gasteiger partial charge in [-0.05, 0) is 19.1 Å². The van der Waals surface area contributed by atoms with E-state index < -0.39 is 23.5 Å². The molecule has 0 atom stereocenters. The number of ketones is 1. The molecule has 0 unspecified atom stereocenters. The number of benzene rings is 1. The van der Waals surface area contributed by atoms with Crippen LogP contribution in [0.4, 0.5) is 0 Å². The Labute approximate surface area is 159 Å². The Hall–Kier alpha value is -3.81. The lowest BCUT2D eigenvalue weighted by atomic mass is 9.95. The summed E-state index contributed by atoms with van der Waals surface area (Å²) in [5, 5.41) is 0.553. The first-order valence-corrected chi connectivity index (χ1v) is 8.50. The fraction of sp³-hybridized carbons (Fsp3) is 0.150. The van der Waals surface area contributed by atoms with E-state index in [9.17, 15) is 14.4 Å². The van der Waals surface area contributed by atoms with Gasteiger partial charge >= 0.3 is 17.7 Å². The number of fused-ring (bicyclic) bond motifs is 1. The van der Waals surface area contributed by atoms with E-state index in [1.165, 1.54) is 18.6 Å². The predicted molar refractivity (Wildman–Crippen MR) is 97.2 cm³/mol. The number of nitrogens with one attached hydrogen (secondary N) is 1. The van der Waals surface area contributed by atoms with Crippen LogP contribution in [0.3, 0.4) is 0 Å². The Morgan fingerprint density at radius 1 is 1.07 bits per heavy atom. The van der Waals surface area contributed by atoms with Crippen LogP contribution in [0, 0.1) is 6.92 Å². The van der Waals surface area contributed by atoms with Gasteiger partial charge in [0.15, 0.2) is 0 Å². The lowest BCUT2D eigenvalue weighted by Crippen LogP contribution is -2.48. The van der Waals surface area contributed by atoms with Crippen molar-refractivity contribution in [3.05, 3.63) is 72.0 Å². The SMILES string of the molecule is Cc1[nH]cnc1CC1(C(=O)c2ccnc3ccccc23)OC(=O)C=CC(=O)O1. The van der Waals surface area contributed by atoms with Crippen molar-refractivity contribution in [2.75, 3.05) is 0 Å². The molecule has 28 heavy (non-hydrogen) atoms. The number of H-pyrrole nitrogens is 1. The van der Waals surface area contributed by atoms with Crippen molar-refractivity contribution in [2.45, 2.75) is 19.1 Å². The summed E-state index contributed by atoms with van der Waals surface area (Å²) < 4.78 is 10.7. The normalized spacial score (nSPS) is 15.8. The van der Waals surface area contributed by atoms with E-state index in [1.807, 2.05) is 0 Å². The van der Waals surface area contributed by atoms with Gasteiger partial charge in [0.05, 0.1) is 24.0 Å². The van der Waals surface area contributed by atoms with Crippen molar-refractivity contribution < 1.29 is 23.9 Å². The smallest absolute Gasteiger partial charge is 0.334 e. The maximum absolute atomic E-state index is 13.6. The van der Waals surface area contributed by atoms with Crippen molar-refractivity contribution in [3.63, 3.8) is 0 Å². The summed E-state index contributed by atoms with van der Waals surface area (Å²) in [4.78, 5) is 49.1. The number of Topliss-reactive ketones (excluding diaryl/α,β-unsaturated/α-hetero) is 1. The molecule has 4 rings (SSSR count). The predicted octanol–water partition coefficient (Wildman–Crippen LogP) is 2.04. The van der Waals surface area contributed by atoms with E-state index in [2.05, 4.69) is 15.0 Å². The van der Waals surface area contributed by atoms with E-state index in [4.69, 9.17) is 9.47 Å². The highest BCUT2D eigenvalue weighted by Gasteiger charge is 2.49. The van der Waals surface area contributed by atoms with E-state index in [1.54, 1.807) is 31.2 Å². The molecule has 0 fully saturated rings. The molecule has 1 aromatic carbocycles. The second-order valence-electron chi connectivity index (χ2n) is 6.28. The number of rotatable bonds is 4. The zero-order chi connectivity index (χ0) is 19.7. The number of aromatic nitrogens is 3. The highest BCUT2D eigenvalue weighted by atomic mass is 16.7. The Kier molecular flexibility index (Phi) is 4.23. The van der Waals surface area contributed by atoms with Crippen molar-refractivity contribution in [1.82, 2.24) is 15.0 Å². The second-order valence-corrected chi connectivity index (χ2v) is 6.28. The van der Waals surface area contributed by atoms with Gasteiger partial charge in [-0.2, -0.15) is 0 Å². The molecule has 140 valence electrons. The monoisotopic (exact) mass is 377 g/mol. The third-order valence-electron chi connectivity index (χ3n) is 4.46.